The van der Waals surface area contributed by atoms with E-state index >= 15 is 0 Å². The monoisotopic (exact) mass is 393 g/mol. The van der Waals surface area contributed by atoms with Gasteiger partial charge in [0, 0.05) is 25.5 Å². The maximum atomic E-state index is 12.7. The van der Waals surface area contributed by atoms with Gasteiger partial charge in [-0.05, 0) is 79.8 Å². The number of pyridine rings is 1. The molecule has 1 aliphatic rings. The Balaban J connectivity index is 1.62. The standard InChI is InChI=1S/C24H31N3O2/c1-3-22(21-10-9-19-7-5-6-8-20(19)17-21)26-23(28)24(29)27(4-2)16-13-18-11-14-25-15-12-18/h9-12,14-15,17,22H,3-8,13,16H2,1-2H3,(H,26,28). The molecule has 1 N–H and O–H groups in total. The van der Waals surface area contributed by atoms with Crippen molar-refractivity contribution in [1.82, 2.24) is 15.2 Å². The third kappa shape index (κ3) is 5.43. The van der Waals surface area contributed by atoms with Gasteiger partial charge in [-0.15, -0.1) is 0 Å². The van der Waals surface area contributed by atoms with Crippen molar-refractivity contribution in [3.8, 4) is 0 Å². The number of benzene rings is 1. The molecule has 2 aromatic rings. The summed E-state index contributed by atoms with van der Waals surface area (Å²) in [6.07, 6.45) is 9.65. The van der Waals surface area contributed by atoms with E-state index in [0.29, 0.717) is 19.5 Å². The third-order valence-electron chi connectivity index (χ3n) is 5.77. The lowest BCUT2D eigenvalue weighted by atomic mass is 9.89. The Kier molecular flexibility index (Phi) is 7.39. The van der Waals surface area contributed by atoms with Crippen LogP contribution in [0, 0.1) is 0 Å². The van der Waals surface area contributed by atoms with Crippen LogP contribution in [-0.2, 0) is 28.9 Å². The number of likely N-dealkylation sites (N-methyl/N-ethyl adjacent to an activating group) is 1. The highest BCUT2D eigenvalue weighted by molar-refractivity contribution is 6.35. The second kappa shape index (κ2) is 10.2. The molecular formula is C24H31N3O2. The molecule has 29 heavy (non-hydrogen) atoms. The molecule has 1 aliphatic carbocycles. The van der Waals surface area contributed by atoms with Crippen molar-refractivity contribution in [2.24, 2.45) is 0 Å². The van der Waals surface area contributed by atoms with Crippen LogP contribution in [0.2, 0.25) is 0 Å². The lowest BCUT2D eigenvalue weighted by molar-refractivity contribution is -0.146. The van der Waals surface area contributed by atoms with Crippen molar-refractivity contribution in [2.75, 3.05) is 13.1 Å². The number of fused-ring (bicyclic) bond motifs is 1. The highest BCUT2D eigenvalue weighted by atomic mass is 16.2. The van der Waals surface area contributed by atoms with Gasteiger partial charge in [-0.3, -0.25) is 14.6 Å². The quantitative estimate of drug-likeness (QED) is 0.731. The summed E-state index contributed by atoms with van der Waals surface area (Å²) in [5, 5.41) is 2.96. The molecule has 1 heterocycles. The first-order chi connectivity index (χ1) is 14.1. The van der Waals surface area contributed by atoms with Gasteiger partial charge in [-0.2, -0.15) is 0 Å². The van der Waals surface area contributed by atoms with Crippen molar-refractivity contribution < 1.29 is 9.59 Å². The Morgan fingerprint density at radius 2 is 1.79 bits per heavy atom. The topological polar surface area (TPSA) is 62.3 Å². The van der Waals surface area contributed by atoms with E-state index in [2.05, 4.69) is 28.5 Å². The molecule has 3 rings (SSSR count). The van der Waals surface area contributed by atoms with Gasteiger partial charge in [0.1, 0.15) is 0 Å². The summed E-state index contributed by atoms with van der Waals surface area (Å²) in [5.41, 5.74) is 5.01. The second-order valence-electron chi connectivity index (χ2n) is 7.66. The van der Waals surface area contributed by atoms with Gasteiger partial charge in [0.05, 0.1) is 6.04 Å². The molecule has 0 bridgehead atoms. The molecule has 1 unspecified atom stereocenters. The minimum Gasteiger partial charge on any atom is -0.341 e. The van der Waals surface area contributed by atoms with Crippen LogP contribution in [0.5, 0.6) is 0 Å². The molecule has 1 aromatic heterocycles. The number of rotatable bonds is 7. The Bertz CT molecular complexity index is 835. The first-order valence-corrected chi connectivity index (χ1v) is 10.7. The number of nitrogens with one attached hydrogen (secondary N) is 1. The molecule has 0 fully saturated rings. The van der Waals surface area contributed by atoms with Crippen LogP contribution < -0.4 is 5.32 Å². The van der Waals surface area contributed by atoms with Crippen molar-refractivity contribution in [3.63, 3.8) is 0 Å². The molecular weight excluding hydrogens is 362 g/mol. The first kappa shape index (κ1) is 21.0. The predicted molar refractivity (Wildman–Crippen MR) is 114 cm³/mol. The average Bonchev–Trinajstić information content (AvgIpc) is 2.78. The predicted octanol–water partition coefficient (Wildman–Crippen LogP) is 3.62. The number of carbonyl (C=O) groups is 2. The zero-order valence-electron chi connectivity index (χ0n) is 17.5. The summed E-state index contributed by atoms with van der Waals surface area (Å²) in [4.78, 5) is 31.0. The third-order valence-corrected chi connectivity index (χ3v) is 5.77. The summed E-state index contributed by atoms with van der Waals surface area (Å²) in [7, 11) is 0. The van der Waals surface area contributed by atoms with Crippen LogP contribution >= 0.6 is 0 Å². The van der Waals surface area contributed by atoms with Gasteiger partial charge in [0.25, 0.3) is 0 Å². The van der Waals surface area contributed by atoms with Crippen LogP contribution in [0.3, 0.4) is 0 Å². The van der Waals surface area contributed by atoms with Gasteiger partial charge in [0.2, 0.25) is 0 Å². The van der Waals surface area contributed by atoms with Crippen LogP contribution in [0.25, 0.3) is 0 Å². The van der Waals surface area contributed by atoms with Crippen LogP contribution in [0.4, 0.5) is 0 Å². The molecule has 0 aliphatic heterocycles. The zero-order valence-corrected chi connectivity index (χ0v) is 17.5. The van der Waals surface area contributed by atoms with Crippen LogP contribution in [-0.4, -0.2) is 34.8 Å². The fraction of sp³-hybridized carbons (Fsp3) is 0.458. The number of aryl methyl sites for hydroxylation is 2. The number of aromatic nitrogens is 1. The lowest BCUT2D eigenvalue weighted by Crippen LogP contribution is -2.44. The van der Waals surface area contributed by atoms with Gasteiger partial charge in [-0.25, -0.2) is 0 Å². The van der Waals surface area contributed by atoms with Gasteiger partial charge in [0.15, 0.2) is 0 Å². The number of nitrogens with zero attached hydrogens (tertiary/aromatic N) is 2. The summed E-state index contributed by atoms with van der Waals surface area (Å²) in [5.74, 6) is -0.982. The Hall–Kier alpha value is -2.69. The van der Waals surface area contributed by atoms with Crippen molar-refractivity contribution in [1.29, 1.82) is 0 Å². The molecule has 2 amide bonds. The molecule has 1 aromatic carbocycles. The Morgan fingerprint density at radius 3 is 2.48 bits per heavy atom. The molecule has 154 valence electrons. The number of amides is 2. The average molecular weight is 394 g/mol. The number of carbonyl (C=O) groups excluding carboxylic acids is 2. The minimum absolute atomic E-state index is 0.141. The van der Waals surface area contributed by atoms with E-state index in [1.165, 1.54) is 24.0 Å². The van der Waals surface area contributed by atoms with Crippen molar-refractivity contribution in [3.05, 3.63) is 65.0 Å². The second-order valence-corrected chi connectivity index (χ2v) is 7.66. The SMILES string of the molecule is CCC(NC(=O)C(=O)N(CC)CCc1ccncc1)c1ccc2c(c1)CCCC2. The maximum absolute atomic E-state index is 12.7. The zero-order chi connectivity index (χ0) is 20.6. The maximum Gasteiger partial charge on any atom is 0.311 e. The molecule has 0 saturated heterocycles. The molecule has 0 spiro atoms. The lowest BCUT2D eigenvalue weighted by Gasteiger charge is -2.24. The molecule has 1 atom stereocenters. The van der Waals surface area contributed by atoms with E-state index in [-0.39, 0.29) is 6.04 Å². The van der Waals surface area contributed by atoms with Gasteiger partial charge in [-0.1, -0.05) is 25.1 Å². The molecule has 0 radical (unpaired) electrons. The number of hydrogen-bond acceptors (Lipinski definition) is 3. The summed E-state index contributed by atoms with van der Waals surface area (Å²) in [6, 6.07) is 10.2. The summed E-state index contributed by atoms with van der Waals surface area (Å²) >= 11 is 0. The van der Waals surface area contributed by atoms with Crippen molar-refractivity contribution in [2.45, 2.75) is 58.4 Å². The van der Waals surface area contributed by atoms with E-state index in [1.807, 2.05) is 26.0 Å². The van der Waals surface area contributed by atoms with Gasteiger partial charge >= 0.3 is 11.8 Å². The van der Waals surface area contributed by atoms with E-state index in [0.717, 1.165) is 30.4 Å². The van der Waals surface area contributed by atoms with Gasteiger partial charge < -0.3 is 10.2 Å². The van der Waals surface area contributed by atoms with Crippen LogP contribution in [0.1, 0.15) is 61.4 Å². The highest BCUT2D eigenvalue weighted by Crippen LogP contribution is 2.26. The van der Waals surface area contributed by atoms with E-state index in [4.69, 9.17) is 0 Å². The minimum atomic E-state index is -0.522. The fourth-order valence-electron chi connectivity index (χ4n) is 3.97. The molecule has 5 heteroatoms. The molecule has 0 saturated carbocycles. The summed E-state index contributed by atoms with van der Waals surface area (Å²) in [6.45, 7) is 4.96. The highest BCUT2D eigenvalue weighted by Gasteiger charge is 2.24. The van der Waals surface area contributed by atoms with E-state index in [9.17, 15) is 9.59 Å². The van der Waals surface area contributed by atoms with E-state index in [1.54, 1.807) is 17.3 Å². The van der Waals surface area contributed by atoms with E-state index < -0.39 is 11.8 Å². The summed E-state index contributed by atoms with van der Waals surface area (Å²) < 4.78 is 0. The first-order valence-electron chi connectivity index (χ1n) is 10.7. The Labute approximate surface area is 173 Å². The normalized spacial score (nSPS) is 14.0. The smallest absolute Gasteiger partial charge is 0.311 e. The molecule has 5 nitrogen and oxygen atoms in total. The van der Waals surface area contributed by atoms with Crippen LogP contribution in [0.15, 0.2) is 42.7 Å². The fourth-order valence-corrected chi connectivity index (χ4v) is 3.97. The Morgan fingerprint density at radius 1 is 1.07 bits per heavy atom. The van der Waals surface area contributed by atoms with Crippen molar-refractivity contribution >= 4 is 11.8 Å². The number of hydrogen-bond donors (Lipinski definition) is 1. The largest absolute Gasteiger partial charge is 0.341 e.